The highest BCUT2D eigenvalue weighted by Crippen LogP contribution is 2.43. The smallest absolute Gasteiger partial charge is 0.0645 e. The van der Waals surface area contributed by atoms with E-state index in [1.54, 1.807) is 0 Å². The number of fused-ring (bicyclic) bond motifs is 4. The maximum absolute atomic E-state index is 9.85. The molecule has 0 N–H and O–H groups in total. The Morgan fingerprint density at radius 1 is 0.291 bits per heavy atom. The van der Waals surface area contributed by atoms with Crippen LogP contribution >= 0.6 is 0 Å². The van der Waals surface area contributed by atoms with Gasteiger partial charge in [0, 0.05) is 17.1 Å². The van der Waals surface area contributed by atoms with Crippen LogP contribution in [-0.2, 0) is 0 Å². The van der Waals surface area contributed by atoms with Crippen LogP contribution in [0.1, 0.15) is 41.1 Å². The summed E-state index contributed by atoms with van der Waals surface area (Å²) in [4.78, 5) is 0.841. The van der Waals surface area contributed by atoms with Gasteiger partial charge < -0.3 is 4.90 Å². The summed E-state index contributed by atoms with van der Waals surface area (Å²) in [7, 11) is 0. The molecule has 0 radical (unpaired) electrons. The van der Waals surface area contributed by atoms with Crippen molar-refractivity contribution in [1.29, 1.82) is 0 Å². The normalized spacial score (nSPS) is 18.9. The molecule has 0 atom stereocenters. The summed E-state index contributed by atoms with van der Waals surface area (Å²) in [5.74, 6) is 0. The Balaban J connectivity index is 1.37. The van der Waals surface area contributed by atoms with Crippen molar-refractivity contribution in [2.75, 3.05) is 4.90 Å². The highest BCUT2D eigenvalue weighted by atomic mass is 15.1. The number of nitrogens with zero attached hydrogens (tertiary/aromatic N) is 1. The van der Waals surface area contributed by atoms with Gasteiger partial charge in [-0.25, -0.2) is 0 Å². The van der Waals surface area contributed by atoms with E-state index in [1.165, 1.54) is 0 Å². The van der Waals surface area contributed by atoms with Gasteiger partial charge in [0.15, 0.2) is 0 Å². The number of benzene rings is 10. The van der Waals surface area contributed by atoms with Crippen LogP contribution in [0.4, 0.5) is 17.1 Å². The van der Waals surface area contributed by atoms with E-state index in [0.29, 0.717) is 0 Å². The zero-order valence-corrected chi connectivity index (χ0v) is 28.0. The van der Waals surface area contributed by atoms with E-state index in [1.807, 2.05) is 0 Å². The average molecular weight is 730 g/mol. The minimum atomic E-state index is -0.963. The standard InChI is InChI=1S/C54H37N/c1-3-14-38(15-4-1)50-35-34-46(37-54(50)40-16-5-2-6-17-40)55(44-30-26-41(27-31-44)48-25-13-20-39-18-7-9-21-47(39)48)45-32-28-42(29-33-45)53-36-43-19-8-10-22-49(43)51-23-11-12-24-52(51)53/h1-37H/i1D,2D,3D,4D,5D,6D,7D,8D,9D,10D,11D,12D,13D,14D,16D,18D,19D,20D,21D,22D,23D,25D,26D,28D,29D,30D,32D,34D,35D,36D. The van der Waals surface area contributed by atoms with E-state index >= 15 is 0 Å². The Kier molecular flexibility index (Phi) is 3.53. The second kappa shape index (κ2) is 14.0. The summed E-state index contributed by atoms with van der Waals surface area (Å²) < 4.78 is 268. The molecular formula is C54H37N. The summed E-state index contributed by atoms with van der Waals surface area (Å²) in [5.41, 5.74) is -5.59. The Morgan fingerprint density at radius 3 is 1.76 bits per heavy atom. The molecule has 0 aliphatic carbocycles. The number of rotatable bonds is 7. The van der Waals surface area contributed by atoms with Gasteiger partial charge in [-0.15, -0.1) is 0 Å². The molecule has 10 aromatic carbocycles. The summed E-state index contributed by atoms with van der Waals surface area (Å²) in [5, 5.41) is -2.52. The van der Waals surface area contributed by atoms with Crippen molar-refractivity contribution in [3.05, 3.63) is 224 Å². The molecule has 10 rings (SSSR count). The first-order chi connectivity index (χ1) is 39.7. The molecule has 10 aromatic rings. The van der Waals surface area contributed by atoms with E-state index in [4.69, 9.17) is 30.2 Å². The summed E-state index contributed by atoms with van der Waals surface area (Å²) in [6.07, 6.45) is 0. The van der Waals surface area contributed by atoms with Gasteiger partial charge >= 0.3 is 0 Å². The minimum absolute atomic E-state index is 0.304. The lowest BCUT2D eigenvalue weighted by molar-refractivity contribution is 1.28. The van der Waals surface area contributed by atoms with E-state index in [9.17, 15) is 11.0 Å². The van der Waals surface area contributed by atoms with E-state index in [2.05, 4.69) is 0 Å². The Morgan fingerprint density at radius 2 is 0.909 bits per heavy atom. The van der Waals surface area contributed by atoms with Gasteiger partial charge in [-0.3, -0.25) is 0 Å². The van der Waals surface area contributed by atoms with Crippen LogP contribution in [0, 0.1) is 0 Å². The number of hydrogen-bond acceptors (Lipinski definition) is 1. The molecule has 0 aliphatic heterocycles. The van der Waals surface area contributed by atoms with Crippen molar-refractivity contribution in [1.82, 2.24) is 0 Å². The fourth-order valence-corrected chi connectivity index (χ4v) is 6.20. The van der Waals surface area contributed by atoms with Crippen molar-refractivity contribution in [3.63, 3.8) is 0 Å². The van der Waals surface area contributed by atoms with Crippen molar-refractivity contribution in [2.24, 2.45) is 0 Å². The molecule has 0 bridgehead atoms. The first-order valence-corrected chi connectivity index (χ1v) is 16.5. The highest BCUT2D eigenvalue weighted by Gasteiger charge is 2.18. The van der Waals surface area contributed by atoms with Gasteiger partial charge in [-0.2, -0.15) is 0 Å². The maximum Gasteiger partial charge on any atom is 0.0645 e. The van der Waals surface area contributed by atoms with Crippen LogP contribution in [0.3, 0.4) is 0 Å². The second-order valence-corrected chi connectivity index (χ2v) is 11.8. The van der Waals surface area contributed by atoms with Crippen LogP contribution in [0.15, 0.2) is 224 Å². The molecule has 0 saturated carbocycles. The predicted octanol–water partition coefficient (Wildman–Crippen LogP) is 15.3. The number of anilines is 3. The first-order valence-electron chi connectivity index (χ1n) is 31.5. The van der Waals surface area contributed by atoms with Crippen LogP contribution in [0.5, 0.6) is 0 Å². The van der Waals surface area contributed by atoms with Crippen LogP contribution in [0.2, 0.25) is 0 Å². The largest absolute Gasteiger partial charge is 0.310 e. The van der Waals surface area contributed by atoms with Crippen molar-refractivity contribution >= 4 is 49.4 Å². The van der Waals surface area contributed by atoms with Gasteiger partial charge in [0.1, 0.15) is 0 Å². The van der Waals surface area contributed by atoms with Crippen LogP contribution in [-0.4, -0.2) is 0 Å². The maximum atomic E-state index is 9.85. The molecule has 0 amide bonds. The molecule has 0 aliphatic rings. The molecule has 258 valence electrons. The first kappa shape index (κ1) is 13.9. The second-order valence-electron chi connectivity index (χ2n) is 11.8. The molecule has 55 heavy (non-hydrogen) atoms. The number of hydrogen-bond donors (Lipinski definition) is 0. The third kappa shape index (κ3) is 6.02. The molecule has 0 aromatic heterocycles. The third-order valence-electron chi connectivity index (χ3n) is 8.68. The Bertz CT molecular complexity index is 4720. The minimum Gasteiger partial charge on any atom is -0.310 e. The van der Waals surface area contributed by atoms with E-state index < -0.39 is 259 Å². The third-order valence-corrected chi connectivity index (χ3v) is 8.68. The van der Waals surface area contributed by atoms with Crippen molar-refractivity contribution in [3.8, 4) is 44.5 Å². The van der Waals surface area contributed by atoms with Gasteiger partial charge in [0.2, 0.25) is 0 Å². The van der Waals surface area contributed by atoms with Crippen molar-refractivity contribution < 1.29 is 41.1 Å². The fourth-order valence-electron chi connectivity index (χ4n) is 6.20. The predicted molar refractivity (Wildman–Crippen MR) is 235 cm³/mol. The lowest BCUT2D eigenvalue weighted by atomic mass is 9.93. The lowest BCUT2D eigenvalue weighted by Crippen LogP contribution is -2.10. The molecule has 1 nitrogen and oxygen atoms in total. The van der Waals surface area contributed by atoms with E-state index in [0.717, 1.165) is 47.4 Å². The Labute approximate surface area is 364 Å². The van der Waals surface area contributed by atoms with Crippen molar-refractivity contribution in [2.45, 2.75) is 0 Å². The summed E-state index contributed by atoms with van der Waals surface area (Å²) >= 11 is 0. The quantitative estimate of drug-likeness (QED) is 0.148. The summed E-state index contributed by atoms with van der Waals surface area (Å²) in [6, 6.07) is -16.4. The monoisotopic (exact) mass is 729 g/mol. The lowest BCUT2D eigenvalue weighted by Gasteiger charge is -2.27. The molecule has 0 heterocycles. The molecule has 0 spiro atoms. The molecule has 0 unspecified atom stereocenters. The van der Waals surface area contributed by atoms with E-state index in [-0.39, 0.29) is 16.2 Å². The molecule has 1 heteroatoms. The zero-order chi connectivity index (χ0) is 62.7. The SMILES string of the molecule is [2H]c1cc(-c2cc(N(c3ccc(-c4c([2H])c([2H])c([2H])c5c([2H])c([2H])c([2H])c([2H])c45)c([2H])c3[2H])c3cc([2H])c(-c4c([2H])c5c([2H])c([2H])c([2H])c([2H])c5c5c([2H])c([2H])c([2H])cc45)c([2H])c3[2H])c([2H])c([2H])c2-c2cc([2H])c([2H])c([2H])c2[2H])c([2H])c([2H])c1[2H]. The van der Waals surface area contributed by atoms with Gasteiger partial charge in [0.25, 0.3) is 0 Å². The van der Waals surface area contributed by atoms with Crippen LogP contribution in [0.25, 0.3) is 76.8 Å². The van der Waals surface area contributed by atoms with Gasteiger partial charge in [0.05, 0.1) is 41.1 Å². The Hall–Kier alpha value is -7.22. The zero-order valence-electron chi connectivity index (χ0n) is 58.0. The fraction of sp³-hybridized carbons (Fsp3) is 0. The molecular weight excluding hydrogens is 663 g/mol. The molecule has 0 saturated heterocycles. The van der Waals surface area contributed by atoms with Gasteiger partial charge in [-0.05, 0) is 119 Å². The highest BCUT2D eigenvalue weighted by molar-refractivity contribution is 6.13. The van der Waals surface area contributed by atoms with Crippen LogP contribution < -0.4 is 4.90 Å². The van der Waals surface area contributed by atoms with Gasteiger partial charge in [-0.1, -0.05) is 181 Å². The summed E-state index contributed by atoms with van der Waals surface area (Å²) in [6.45, 7) is 0. The molecule has 0 fully saturated rings. The topological polar surface area (TPSA) is 3.24 Å². The average Bonchev–Trinajstić information content (AvgIpc) is 0.775.